The Balaban J connectivity index is 1.56. The van der Waals surface area contributed by atoms with Crippen molar-refractivity contribution in [3.8, 4) is 0 Å². The van der Waals surface area contributed by atoms with E-state index in [0.29, 0.717) is 18.5 Å². The maximum atomic E-state index is 12.2. The molecular weight excluding hydrogens is 278 g/mol. The lowest BCUT2D eigenvalue weighted by atomic mass is 9.90. The third-order valence-corrected chi connectivity index (χ3v) is 4.49. The molecule has 3 rings (SSSR count). The van der Waals surface area contributed by atoms with Crippen LogP contribution in [0.4, 0.5) is 0 Å². The van der Waals surface area contributed by atoms with Crippen LogP contribution in [0, 0.1) is 5.92 Å². The van der Waals surface area contributed by atoms with E-state index in [9.17, 15) is 9.59 Å². The molecule has 0 fully saturated rings. The number of carbonyl (C=O) groups excluding carboxylic acids is 2. The van der Waals surface area contributed by atoms with Gasteiger partial charge in [-0.05, 0) is 62.3 Å². The van der Waals surface area contributed by atoms with Crippen molar-refractivity contribution in [2.75, 3.05) is 6.54 Å². The number of hydrogen-bond donors (Lipinski definition) is 2. The second-order valence-corrected chi connectivity index (χ2v) is 6.02. The molecule has 22 heavy (non-hydrogen) atoms. The van der Waals surface area contributed by atoms with Gasteiger partial charge in [0.1, 0.15) is 0 Å². The van der Waals surface area contributed by atoms with Gasteiger partial charge in [0.25, 0.3) is 5.91 Å². The highest BCUT2D eigenvalue weighted by molar-refractivity contribution is 6.06. The third-order valence-electron chi connectivity index (χ3n) is 4.49. The molecule has 116 valence electrons. The Kier molecular flexibility index (Phi) is 4.22. The van der Waals surface area contributed by atoms with E-state index in [-0.39, 0.29) is 17.7 Å². The lowest BCUT2D eigenvalue weighted by Crippen LogP contribution is -2.30. The van der Waals surface area contributed by atoms with Gasteiger partial charge in [0.2, 0.25) is 5.91 Å². The van der Waals surface area contributed by atoms with E-state index < -0.39 is 0 Å². The van der Waals surface area contributed by atoms with E-state index in [4.69, 9.17) is 0 Å². The van der Waals surface area contributed by atoms with Crippen molar-refractivity contribution in [2.24, 2.45) is 11.0 Å². The Morgan fingerprint density at radius 2 is 2.09 bits per heavy atom. The molecule has 5 nitrogen and oxygen atoms in total. The summed E-state index contributed by atoms with van der Waals surface area (Å²) in [5.74, 6) is -0.370. The SMILES string of the molecule is CC1=NNC(=O)[C@H]1CCNC(=O)c1ccc2c(c1)CCCC2. The van der Waals surface area contributed by atoms with Crippen molar-refractivity contribution in [3.63, 3.8) is 0 Å². The molecular formula is C17H21N3O2. The molecule has 0 aromatic heterocycles. The van der Waals surface area contributed by atoms with Crippen molar-refractivity contribution in [2.45, 2.75) is 39.0 Å². The van der Waals surface area contributed by atoms with E-state index in [0.717, 1.165) is 18.6 Å². The van der Waals surface area contributed by atoms with E-state index in [1.807, 2.05) is 19.1 Å². The highest BCUT2D eigenvalue weighted by Gasteiger charge is 2.26. The van der Waals surface area contributed by atoms with Crippen LogP contribution in [0.5, 0.6) is 0 Å². The van der Waals surface area contributed by atoms with Gasteiger partial charge in [-0.15, -0.1) is 0 Å². The highest BCUT2D eigenvalue weighted by Crippen LogP contribution is 2.22. The fourth-order valence-electron chi connectivity index (χ4n) is 3.14. The van der Waals surface area contributed by atoms with Crippen molar-refractivity contribution in [3.05, 3.63) is 34.9 Å². The second-order valence-electron chi connectivity index (χ2n) is 6.02. The van der Waals surface area contributed by atoms with Crippen LogP contribution < -0.4 is 10.7 Å². The summed E-state index contributed by atoms with van der Waals surface area (Å²) in [6.07, 6.45) is 5.20. The number of hydrogen-bond acceptors (Lipinski definition) is 3. The Bertz CT molecular complexity index is 637. The first-order valence-electron chi connectivity index (χ1n) is 7.89. The van der Waals surface area contributed by atoms with E-state index in [1.54, 1.807) is 0 Å². The van der Waals surface area contributed by atoms with Crippen LogP contribution in [0.1, 0.15) is 47.7 Å². The van der Waals surface area contributed by atoms with Crippen LogP contribution in [0.3, 0.4) is 0 Å². The van der Waals surface area contributed by atoms with Gasteiger partial charge in [-0.2, -0.15) is 5.10 Å². The van der Waals surface area contributed by atoms with Crippen LogP contribution in [-0.4, -0.2) is 24.1 Å². The Morgan fingerprint density at radius 1 is 1.32 bits per heavy atom. The molecule has 2 aliphatic rings. The molecule has 1 aliphatic heterocycles. The van der Waals surface area contributed by atoms with Gasteiger partial charge >= 0.3 is 0 Å². The highest BCUT2D eigenvalue weighted by atomic mass is 16.2. The monoisotopic (exact) mass is 299 g/mol. The normalized spacial score (nSPS) is 20.1. The maximum absolute atomic E-state index is 12.2. The second kappa shape index (κ2) is 6.30. The average molecular weight is 299 g/mol. The molecule has 1 aromatic carbocycles. The van der Waals surface area contributed by atoms with Gasteiger partial charge in [-0.3, -0.25) is 9.59 Å². The lowest BCUT2D eigenvalue weighted by Gasteiger charge is -2.16. The van der Waals surface area contributed by atoms with Gasteiger partial charge in [0, 0.05) is 17.8 Å². The first-order chi connectivity index (χ1) is 10.6. The Morgan fingerprint density at radius 3 is 2.82 bits per heavy atom. The zero-order valence-corrected chi connectivity index (χ0v) is 12.8. The molecule has 2 amide bonds. The van der Waals surface area contributed by atoms with Gasteiger partial charge < -0.3 is 5.32 Å². The molecule has 0 saturated heterocycles. The van der Waals surface area contributed by atoms with Gasteiger partial charge in [-0.25, -0.2) is 5.43 Å². The number of amides is 2. The fourth-order valence-corrected chi connectivity index (χ4v) is 3.14. The minimum Gasteiger partial charge on any atom is -0.352 e. The van der Waals surface area contributed by atoms with Crippen molar-refractivity contribution in [1.29, 1.82) is 0 Å². The summed E-state index contributed by atoms with van der Waals surface area (Å²) in [4.78, 5) is 23.8. The van der Waals surface area contributed by atoms with Crippen LogP contribution in [0.15, 0.2) is 23.3 Å². The number of carbonyl (C=O) groups is 2. The maximum Gasteiger partial charge on any atom is 0.251 e. The average Bonchev–Trinajstić information content (AvgIpc) is 2.86. The van der Waals surface area contributed by atoms with Crippen LogP contribution in [0.2, 0.25) is 0 Å². The summed E-state index contributed by atoms with van der Waals surface area (Å²) in [6, 6.07) is 5.98. The van der Waals surface area contributed by atoms with Crippen LogP contribution in [-0.2, 0) is 17.6 Å². The molecule has 1 aromatic rings. The summed E-state index contributed by atoms with van der Waals surface area (Å²) in [5.41, 5.74) is 6.63. The minimum absolute atomic E-state index is 0.0682. The van der Waals surface area contributed by atoms with E-state index in [1.165, 1.54) is 24.0 Å². The molecule has 5 heteroatoms. The number of nitrogens with one attached hydrogen (secondary N) is 2. The van der Waals surface area contributed by atoms with Gasteiger partial charge in [-0.1, -0.05) is 6.07 Å². The zero-order valence-electron chi connectivity index (χ0n) is 12.8. The number of hydrazone groups is 1. The van der Waals surface area contributed by atoms with Gasteiger partial charge in [0.05, 0.1) is 5.92 Å². The predicted octanol–water partition coefficient (Wildman–Crippen LogP) is 1.81. The molecule has 0 unspecified atom stereocenters. The molecule has 1 atom stereocenters. The quantitative estimate of drug-likeness (QED) is 0.890. The summed E-state index contributed by atoms with van der Waals surface area (Å²) in [7, 11) is 0. The number of fused-ring (bicyclic) bond motifs is 1. The third kappa shape index (κ3) is 3.03. The van der Waals surface area contributed by atoms with Crippen molar-refractivity contribution in [1.82, 2.24) is 10.7 Å². The summed E-state index contributed by atoms with van der Waals surface area (Å²) >= 11 is 0. The number of aryl methyl sites for hydroxylation is 2. The first kappa shape index (κ1) is 14.8. The topological polar surface area (TPSA) is 70.6 Å². The van der Waals surface area contributed by atoms with Crippen molar-refractivity contribution < 1.29 is 9.59 Å². The number of rotatable bonds is 4. The zero-order chi connectivity index (χ0) is 15.5. The Hall–Kier alpha value is -2.17. The fraction of sp³-hybridized carbons (Fsp3) is 0.471. The van der Waals surface area contributed by atoms with E-state index >= 15 is 0 Å². The molecule has 0 spiro atoms. The lowest BCUT2D eigenvalue weighted by molar-refractivity contribution is -0.122. The first-order valence-corrected chi connectivity index (χ1v) is 7.89. The molecule has 1 heterocycles. The molecule has 1 aliphatic carbocycles. The molecule has 2 N–H and O–H groups in total. The number of benzene rings is 1. The predicted molar refractivity (Wildman–Crippen MR) is 84.8 cm³/mol. The largest absolute Gasteiger partial charge is 0.352 e. The van der Waals surface area contributed by atoms with Crippen LogP contribution >= 0.6 is 0 Å². The summed E-state index contributed by atoms with van der Waals surface area (Å²) in [5, 5.41) is 6.81. The standard InChI is InChI=1S/C17H21N3O2/c1-11-15(17(22)20-19-11)8-9-18-16(21)14-7-6-12-4-2-3-5-13(12)10-14/h6-7,10,15H,2-5,8-9H2,1H3,(H,18,21)(H,20,22)/t15-/m0/s1. The molecule has 0 radical (unpaired) electrons. The Labute approximate surface area is 130 Å². The summed E-state index contributed by atoms with van der Waals surface area (Å²) < 4.78 is 0. The van der Waals surface area contributed by atoms with Gasteiger partial charge in [0.15, 0.2) is 0 Å². The molecule has 0 bridgehead atoms. The number of nitrogens with zero attached hydrogens (tertiary/aromatic N) is 1. The van der Waals surface area contributed by atoms with E-state index in [2.05, 4.69) is 21.9 Å². The molecule has 0 saturated carbocycles. The van der Waals surface area contributed by atoms with Crippen molar-refractivity contribution >= 4 is 17.5 Å². The minimum atomic E-state index is -0.219. The smallest absolute Gasteiger partial charge is 0.251 e. The van der Waals surface area contributed by atoms with Crippen LogP contribution in [0.25, 0.3) is 0 Å². The summed E-state index contributed by atoms with van der Waals surface area (Å²) in [6.45, 7) is 2.30.